The largest absolute Gasteiger partial charge is 0.493 e. The highest BCUT2D eigenvalue weighted by atomic mass is 16.5. The summed E-state index contributed by atoms with van der Waals surface area (Å²) in [6, 6.07) is 9.83. The summed E-state index contributed by atoms with van der Waals surface area (Å²) in [6.45, 7) is 6.79. The predicted octanol–water partition coefficient (Wildman–Crippen LogP) is 4.42. The Balaban J connectivity index is 2.03. The van der Waals surface area contributed by atoms with Crippen LogP contribution in [-0.4, -0.2) is 6.61 Å². The van der Waals surface area contributed by atoms with Crippen molar-refractivity contribution < 1.29 is 9.15 Å². The molecule has 110 valence electrons. The van der Waals surface area contributed by atoms with Gasteiger partial charge in [-0.05, 0) is 61.6 Å². The maximum absolute atomic E-state index is 8.98. The van der Waals surface area contributed by atoms with Gasteiger partial charge in [0.25, 0.3) is 0 Å². The molecule has 0 saturated heterocycles. The highest BCUT2D eigenvalue weighted by Crippen LogP contribution is 2.26. The monoisotopic (exact) mass is 283 g/mol. The molecule has 0 N–H and O–H groups in total. The van der Waals surface area contributed by atoms with Crippen LogP contribution in [0.25, 0.3) is 0 Å². The van der Waals surface area contributed by atoms with E-state index in [2.05, 4.69) is 13.0 Å². The number of nitriles is 1. The highest BCUT2D eigenvalue weighted by molar-refractivity contribution is 5.47. The number of hydrogen-bond donors (Lipinski definition) is 0. The van der Waals surface area contributed by atoms with Gasteiger partial charge in [-0.3, -0.25) is 0 Å². The fourth-order valence-electron chi connectivity index (χ4n) is 2.48. The van der Waals surface area contributed by atoms with Crippen molar-refractivity contribution in [3.05, 3.63) is 53.0 Å². The van der Waals surface area contributed by atoms with E-state index in [1.807, 2.05) is 38.1 Å². The van der Waals surface area contributed by atoms with Gasteiger partial charge in [0.05, 0.1) is 24.5 Å². The smallest absolute Gasteiger partial charge is 0.125 e. The zero-order valence-corrected chi connectivity index (χ0v) is 12.8. The number of nitrogens with zero attached hydrogens (tertiary/aromatic N) is 1. The third-order valence-corrected chi connectivity index (χ3v) is 3.70. The van der Waals surface area contributed by atoms with Crippen LogP contribution >= 0.6 is 0 Å². The van der Waals surface area contributed by atoms with Gasteiger partial charge in [-0.2, -0.15) is 5.26 Å². The lowest BCUT2D eigenvalue weighted by molar-refractivity contribution is 0.234. The van der Waals surface area contributed by atoms with E-state index in [4.69, 9.17) is 14.4 Å². The fraction of sp³-hybridized carbons (Fsp3) is 0.389. The Morgan fingerprint density at radius 3 is 2.52 bits per heavy atom. The second-order valence-corrected chi connectivity index (χ2v) is 5.42. The van der Waals surface area contributed by atoms with E-state index in [0.717, 1.165) is 35.5 Å². The van der Waals surface area contributed by atoms with Gasteiger partial charge in [0.1, 0.15) is 11.5 Å². The Morgan fingerprint density at radius 2 is 2.00 bits per heavy atom. The summed E-state index contributed by atoms with van der Waals surface area (Å²) in [5.41, 5.74) is 2.71. The first kappa shape index (κ1) is 15.2. The van der Waals surface area contributed by atoms with Gasteiger partial charge in [0.2, 0.25) is 0 Å². The molecule has 0 amide bonds. The van der Waals surface area contributed by atoms with Crippen molar-refractivity contribution in [1.82, 2.24) is 0 Å². The Labute approximate surface area is 126 Å². The molecule has 0 bridgehead atoms. The number of hydrogen-bond acceptors (Lipinski definition) is 3. The molecule has 0 saturated carbocycles. The minimum atomic E-state index is 0.422. The molecule has 21 heavy (non-hydrogen) atoms. The lowest BCUT2D eigenvalue weighted by Gasteiger charge is -2.18. The average Bonchev–Trinajstić information content (AvgIpc) is 2.97. The Kier molecular flexibility index (Phi) is 5.05. The summed E-state index contributed by atoms with van der Waals surface area (Å²) in [7, 11) is 0. The molecule has 0 aliphatic rings. The van der Waals surface area contributed by atoms with E-state index in [0.29, 0.717) is 18.1 Å². The number of rotatable bonds is 6. The zero-order chi connectivity index (χ0) is 15.2. The van der Waals surface area contributed by atoms with E-state index in [9.17, 15) is 0 Å². The zero-order valence-electron chi connectivity index (χ0n) is 12.8. The van der Waals surface area contributed by atoms with Crippen LogP contribution < -0.4 is 4.74 Å². The number of ether oxygens (including phenoxy) is 1. The molecule has 0 aliphatic carbocycles. The molecule has 2 aromatic rings. The van der Waals surface area contributed by atoms with Crippen LogP contribution in [0.1, 0.15) is 35.8 Å². The Bertz CT molecular complexity index is 600. The Morgan fingerprint density at radius 1 is 1.29 bits per heavy atom. The number of benzene rings is 1. The molecule has 1 aromatic carbocycles. The van der Waals surface area contributed by atoms with Gasteiger partial charge >= 0.3 is 0 Å². The standard InChI is InChI=1S/C18H21NO2/c1-4-15(10-17-6-5-7-20-17)12-21-18-13(2)8-16(11-19)9-14(18)3/h5-9,15H,4,10,12H2,1-3H3. The molecule has 3 nitrogen and oxygen atoms in total. The molecule has 1 unspecified atom stereocenters. The lowest BCUT2D eigenvalue weighted by Crippen LogP contribution is -2.14. The quantitative estimate of drug-likeness (QED) is 0.788. The molecule has 1 atom stereocenters. The van der Waals surface area contributed by atoms with E-state index in [1.165, 1.54) is 0 Å². The molecule has 1 heterocycles. The maximum atomic E-state index is 8.98. The third-order valence-electron chi connectivity index (χ3n) is 3.70. The van der Waals surface area contributed by atoms with Gasteiger partial charge in [-0.1, -0.05) is 6.92 Å². The van der Waals surface area contributed by atoms with Crippen molar-refractivity contribution in [2.24, 2.45) is 5.92 Å². The van der Waals surface area contributed by atoms with Crippen molar-refractivity contribution in [3.63, 3.8) is 0 Å². The van der Waals surface area contributed by atoms with Crippen LogP contribution in [0.4, 0.5) is 0 Å². The Hall–Kier alpha value is -2.21. The molecule has 3 heteroatoms. The first-order valence-electron chi connectivity index (χ1n) is 7.30. The predicted molar refractivity (Wildman–Crippen MR) is 82.3 cm³/mol. The molecule has 0 aliphatic heterocycles. The van der Waals surface area contributed by atoms with Crippen molar-refractivity contribution in [3.8, 4) is 11.8 Å². The summed E-state index contributed by atoms with van der Waals surface area (Å²) in [5.74, 6) is 2.32. The summed E-state index contributed by atoms with van der Waals surface area (Å²) < 4.78 is 11.4. The molecular weight excluding hydrogens is 262 g/mol. The molecular formula is C18H21NO2. The van der Waals surface area contributed by atoms with Gasteiger partial charge in [0.15, 0.2) is 0 Å². The molecule has 0 fully saturated rings. The van der Waals surface area contributed by atoms with Crippen LogP contribution in [0.3, 0.4) is 0 Å². The average molecular weight is 283 g/mol. The van der Waals surface area contributed by atoms with Crippen LogP contribution in [0.2, 0.25) is 0 Å². The van der Waals surface area contributed by atoms with Crippen molar-refractivity contribution in [1.29, 1.82) is 5.26 Å². The SMILES string of the molecule is CCC(COc1c(C)cc(C#N)cc1C)Cc1ccco1. The second kappa shape index (κ2) is 6.99. The van der Waals surface area contributed by atoms with Gasteiger partial charge < -0.3 is 9.15 Å². The first-order chi connectivity index (χ1) is 10.1. The minimum absolute atomic E-state index is 0.422. The first-order valence-corrected chi connectivity index (χ1v) is 7.30. The van der Waals surface area contributed by atoms with Gasteiger partial charge in [0, 0.05) is 6.42 Å². The van der Waals surface area contributed by atoms with E-state index >= 15 is 0 Å². The summed E-state index contributed by atoms with van der Waals surface area (Å²) in [4.78, 5) is 0. The summed E-state index contributed by atoms with van der Waals surface area (Å²) in [5, 5.41) is 8.98. The van der Waals surface area contributed by atoms with E-state index < -0.39 is 0 Å². The topological polar surface area (TPSA) is 46.2 Å². The minimum Gasteiger partial charge on any atom is -0.493 e. The van der Waals surface area contributed by atoms with Crippen LogP contribution in [-0.2, 0) is 6.42 Å². The fourth-order valence-corrected chi connectivity index (χ4v) is 2.48. The molecule has 0 spiro atoms. The molecule has 0 radical (unpaired) electrons. The number of furan rings is 1. The van der Waals surface area contributed by atoms with E-state index in [1.54, 1.807) is 6.26 Å². The highest BCUT2D eigenvalue weighted by Gasteiger charge is 2.13. The van der Waals surface area contributed by atoms with Crippen LogP contribution in [0, 0.1) is 31.1 Å². The molecule has 1 aromatic heterocycles. The van der Waals surface area contributed by atoms with Crippen molar-refractivity contribution in [2.45, 2.75) is 33.6 Å². The van der Waals surface area contributed by atoms with E-state index in [-0.39, 0.29) is 0 Å². The maximum Gasteiger partial charge on any atom is 0.125 e. The van der Waals surface area contributed by atoms with Crippen LogP contribution in [0.5, 0.6) is 5.75 Å². The van der Waals surface area contributed by atoms with Gasteiger partial charge in [-0.15, -0.1) is 0 Å². The second-order valence-electron chi connectivity index (χ2n) is 5.42. The number of aryl methyl sites for hydroxylation is 2. The normalized spacial score (nSPS) is 11.9. The van der Waals surface area contributed by atoms with Crippen LogP contribution in [0.15, 0.2) is 34.9 Å². The molecule has 2 rings (SSSR count). The van der Waals surface area contributed by atoms with Gasteiger partial charge in [-0.25, -0.2) is 0 Å². The lowest BCUT2D eigenvalue weighted by atomic mass is 10.0. The van der Waals surface area contributed by atoms with Crippen molar-refractivity contribution >= 4 is 0 Å². The van der Waals surface area contributed by atoms with Crippen molar-refractivity contribution in [2.75, 3.05) is 6.61 Å². The summed E-state index contributed by atoms with van der Waals surface area (Å²) >= 11 is 0. The summed E-state index contributed by atoms with van der Waals surface area (Å²) in [6.07, 6.45) is 3.63. The third kappa shape index (κ3) is 3.88.